The minimum atomic E-state index is -0.247. The second-order valence-electron chi connectivity index (χ2n) is 10.9. The number of pyridine rings is 1. The minimum absolute atomic E-state index is 0.0343. The summed E-state index contributed by atoms with van der Waals surface area (Å²) in [6, 6.07) is 15.4. The molecule has 1 saturated carbocycles. The molecule has 0 bridgehead atoms. The summed E-state index contributed by atoms with van der Waals surface area (Å²) in [4.78, 5) is 13.1. The van der Waals surface area contributed by atoms with Crippen molar-refractivity contribution in [3.63, 3.8) is 0 Å². The maximum Gasteiger partial charge on any atom is 0.138 e. The molecule has 4 atom stereocenters. The topological polar surface area (TPSA) is 86.9 Å². The number of aromatic nitrogens is 3. The summed E-state index contributed by atoms with van der Waals surface area (Å²) in [6.45, 7) is 0.849. The molecule has 4 aromatic rings. The van der Waals surface area contributed by atoms with Gasteiger partial charge in [-0.1, -0.05) is 30.7 Å². The molecule has 2 aromatic carbocycles. The number of hydrazine groups is 1. The van der Waals surface area contributed by atoms with Gasteiger partial charge in [0.2, 0.25) is 0 Å². The SMILES string of the molecule is Fc1cccc(-c2cccc3[nH]c(C4NNC5CNC(c6cncc(OC7CCCCC7)c6)CC54)nc23)c1. The van der Waals surface area contributed by atoms with E-state index in [2.05, 4.69) is 32.2 Å². The second-order valence-corrected chi connectivity index (χ2v) is 10.9. The van der Waals surface area contributed by atoms with Gasteiger partial charge in [0, 0.05) is 36.3 Å². The van der Waals surface area contributed by atoms with Crippen LogP contribution >= 0.6 is 0 Å². The molecule has 0 spiro atoms. The van der Waals surface area contributed by atoms with Crippen LogP contribution in [0.4, 0.5) is 4.39 Å². The number of ether oxygens (including phenoxy) is 1. The maximum atomic E-state index is 13.9. The largest absolute Gasteiger partial charge is 0.489 e. The third kappa shape index (κ3) is 4.57. The molecular formula is C30H33FN6O. The minimum Gasteiger partial charge on any atom is -0.489 e. The van der Waals surface area contributed by atoms with E-state index < -0.39 is 0 Å². The molecule has 0 amide bonds. The summed E-state index contributed by atoms with van der Waals surface area (Å²) < 4.78 is 20.2. The van der Waals surface area contributed by atoms with Crippen molar-refractivity contribution in [2.24, 2.45) is 5.92 Å². The standard InChI is InChI=1S/C30H33FN6O/c31-20-7-4-6-18(12-20)23-10-5-11-25-28(23)35-30(34-25)29-24-14-26(33-17-27(24)36-37-29)19-13-22(16-32-15-19)38-21-8-2-1-3-9-21/h4-7,10-13,15-16,21,24,26-27,29,33,36-37H,1-3,8-9,14,17H2,(H,34,35). The van der Waals surface area contributed by atoms with E-state index in [4.69, 9.17) is 9.72 Å². The van der Waals surface area contributed by atoms with Crippen LogP contribution in [-0.2, 0) is 0 Å². The van der Waals surface area contributed by atoms with Crippen molar-refractivity contribution < 1.29 is 9.13 Å². The molecule has 2 aromatic heterocycles. The van der Waals surface area contributed by atoms with Crippen molar-refractivity contribution in [2.75, 3.05) is 6.54 Å². The first kappa shape index (κ1) is 23.8. The Morgan fingerprint density at radius 2 is 1.84 bits per heavy atom. The zero-order valence-electron chi connectivity index (χ0n) is 21.3. The van der Waals surface area contributed by atoms with Gasteiger partial charge in [-0.15, -0.1) is 0 Å². The average molecular weight is 513 g/mol. The lowest BCUT2D eigenvalue weighted by Crippen LogP contribution is -2.46. The second kappa shape index (κ2) is 10.1. The third-order valence-corrected chi connectivity index (χ3v) is 8.41. The molecule has 3 fully saturated rings. The Morgan fingerprint density at radius 3 is 2.74 bits per heavy atom. The van der Waals surface area contributed by atoms with Crippen LogP contribution in [0.1, 0.15) is 62.0 Å². The first-order valence-electron chi connectivity index (χ1n) is 13.8. The molecular weight excluding hydrogens is 479 g/mol. The lowest BCUT2D eigenvalue weighted by molar-refractivity contribution is 0.154. The Hall–Kier alpha value is -3.33. The Bertz CT molecular complexity index is 1430. The van der Waals surface area contributed by atoms with Crippen LogP contribution in [0.2, 0.25) is 0 Å². The third-order valence-electron chi connectivity index (χ3n) is 8.41. The molecule has 7 nitrogen and oxygen atoms in total. The highest BCUT2D eigenvalue weighted by molar-refractivity contribution is 5.92. The van der Waals surface area contributed by atoms with Gasteiger partial charge in [-0.2, -0.15) is 0 Å². The van der Waals surface area contributed by atoms with Crippen LogP contribution in [0, 0.1) is 11.7 Å². The summed E-state index contributed by atoms with van der Waals surface area (Å²) in [5.74, 6) is 1.86. The quantitative estimate of drug-likeness (QED) is 0.289. The maximum absolute atomic E-state index is 13.9. The number of aromatic amines is 1. The predicted molar refractivity (Wildman–Crippen MR) is 145 cm³/mol. The van der Waals surface area contributed by atoms with Gasteiger partial charge in [0.25, 0.3) is 0 Å². The molecule has 38 heavy (non-hydrogen) atoms. The highest BCUT2D eigenvalue weighted by atomic mass is 19.1. The summed E-state index contributed by atoms with van der Waals surface area (Å²) in [5.41, 5.74) is 11.7. The number of rotatable bonds is 5. The van der Waals surface area contributed by atoms with Crippen LogP contribution in [0.3, 0.4) is 0 Å². The van der Waals surface area contributed by atoms with Crippen LogP contribution in [0.15, 0.2) is 60.9 Å². The lowest BCUT2D eigenvalue weighted by atomic mass is 9.82. The van der Waals surface area contributed by atoms with Crippen molar-refractivity contribution in [3.8, 4) is 16.9 Å². The number of hydrogen-bond donors (Lipinski definition) is 4. The molecule has 0 radical (unpaired) electrons. The molecule has 7 rings (SSSR count). The van der Waals surface area contributed by atoms with Gasteiger partial charge < -0.3 is 15.0 Å². The Balaban J connectivity index is 1.13. The van der Waals surface area contributed by atoms with E-state index >= 15 is 0 Å². The van der Waals surface area contributed by atoms with Crippen LogP contribution in [0.25, 0.3) is 22.2 Å². The molecule has 4 N–H and O–H groups in total. The van der Waals surface area contributed by atoms with E-state index in [1.54, 1.807) is 12.1 Å². The van der Waals surface area contributed by atoms with Gasteiger partial charge >= 0.3 is 0 Å². The number of para-hydroxylation sites is 1. The van der Waals surface area contributed by atoms with E-state index in [0.29, 0.717) is 18.1 Å². The number of benzene rings is 2. The Labute approximate surface area is 221 Å². The molecule has 4 heterocycles. The van der Waals surface area contributed by atoms with Gasteiger partial charge in [0.15, 0.2) is 0 Å². The molecule has 1 aliphatic carbocycles. The van der Waals surface area contributed by atoms with Crippen LogP contribution < -0.4 is 20.9 Å². The number of imidazole rings is 1. The number of nitrogens with zero attached hydrogens (tertiary/aromatic N) is 2. The van der Waals surface area contributed by atoms with E-state index in [1.165, 1.54) is 30.9 Å². The van der Waals surface area contributed by atoms with Crippen LogP contribution in [-0.4, -0.2) is 33.6 Å². The molecule has 196 valence electrons. The lowest BCUT2D eigenvalue weighted by Gasteiger charge is -2.34. The number of nitrogens with one attached hydrogen (secondary N) is 4. The van der Waals surface area contributed by atoms with Gasteiger partial charge in [0.1, 0.15) is 17.4 Å². The van der Waals surface area contributed by atoms with Crippen molar-refractivity contribution in [2.45, 2.75) is 62.8 Å². The average Bonchev–Trinajstić information content (AvgIpc) is 3.57. The number of hydrogen-bond acceptors (Lipinski definition) is 6. The number of H-pyrrole nitrogens is 1. The summed E-state index contributed by atoms with van der Waals surface area (Å²) in [6.07, 6.45) is 11.1. The van der Waals surface area contributed by atoms with Crippen LogP contribution in [0.5, 0.6) is 5.75 Å². The van der Waals surface area contributed by atoms with E-state index in [1.807, 2.05) is 36.7 Å². The Morgan fingerprint density at radius 1 is 0.947 bits per heavy atom. The molecule has 8 heteroatoms. The van der Waals surface area contributed by atoms with Gasteiger partial charge in [-0.3, -0.25) is 10.4 Å². The predicted octanol–water partition coefficient (Wildman–Crippen LogP) is 5.34. The first-order valence-corrected chi connectivity index (χ1v) is 13.8. The van der Waals surface area contributed by atoms with Crippen molar-refractivity contribution in [3.05, 3.63) is 78.1 Å². The molecule has 4 unspecified atom stereocenters. The van der Waals surface area contributed by atoms with E-state index in [9.17, 15) is 4.39 Å². The summed E-state index contributed by atoms with van der Waals surface area (Å²) in [5, 5.41) is 3.71. The highest BCUT2D eigenvalue weighted by Gasteiger charge is 2.42. The van der Waals surface area contributed by atoms with E-state index in [-0.39, 0.29) is 17.9 Å². The zero-order chi connectivity index (χ0) is 25.5. The van der Waals surface area contributed by atoms with Gasteiger partial charge in [-0.25, -0.2) is 14.8 Å². The van der Waals surface area contributed by atoms with E-state index in [0.717, 1.165) is 59.5 Å². The molecule has 2 saturated heterocycles. The first-order chi connectivity index (χ1) is 18.7. The fraction of sp³-hybridized carbons (Fsp3) is 0.400. The number of fused-ring (bicyclic) bond motifs is 2. The summed E-state index contributed by atoms with van der Waals surface area (Å²) in [7, 11) is 0. The zero-order valence-corrected chi connectivity index (χ0v) is 21.3. The number of piperidine rings is 1. The Kier molecular flexibility index (Phi) is 6.31. The fourth-order valence-corrected chi connectivity index (χ4v) is 6.45. The number of halogens is 1. The highest BCUT2D eigenvalue weighted by Crippen LogP contribution is 2.39. The van der Waals surface area contributed by atoms with Crippen molar-refractivity contribution >= 4 is 11.0 Å². The van der Waals surface area contributed by atoms with Gasteiger partial charge in [0.05, 0.1) is 29.4 Å². The molecule has 3 aliphatic rings. The smallest absolute Gasteiger partial charge is 0.138 e. The fourth-order valence-electron chi connectivity index (χ4n) is 6.45. The van der Waals surface area contributed by atoms with Crippen molar-refractivity contribution in [1.82, 2.24) is 31.1 Å². The molecule has 2 aliphatic heterocycles. The monoisotopic (exact) mass is 512 g/mol. The summed E-state index contributed by atoms with van der Waals surface area (Å²) >= 11 is 0. The van der Waals surface area contributed by atoms with Gasteiger partial charge in [-0.05, 0) is 67.5 Å². The normalized spacial score (nSPS) is 25.9. The van der Waals surface area contributed by atoms with Crippen molar-refractivity contribution in [1.29, 1.82) is 0 Å².